The van der Waals surface area contributed by atoms with Crippen LogP contribution < -0.4 is 5.32 Å². The maximum absolute atomic E-state index is 12.2. The van der Waals surface area contributed by atoms with Crippen molar-refractivity contribution < 1.29 is 4.79 Å². The number of unbranched alkanes of at least 4 members (excludes halogenated alkanes) is 1. The van der Waals surface area contributed by atoms with Crippen LogP contribution in [0.1, 0.15) is 58.3 Å². The fourth-order valence-corrected chi connectivity index (χ4v) is 5.90. The van der Waals surface area contributed by atoms with Gasteiger partial charge in [-0.15, -0.1) is 0 Å². The Bertz CT molecular complexity index is 306. The van der Waals surface area contributed by atoms with Crippen LogP contribution in [0.25, 0.3) is 0 Å². The molecule has 2 nitrogen and oxygen atoms in total. The molecule has 0 aromatic heterocycles. The van der Waals surface area contributed by atoms with E-state index in [2.05, 4.69) is 12.2 Å². The summed E-state index contributed by atoms with van der Waals surface area (Å²) in [6, 6.07) is 0. The van der Waals surface area contributed by atoms with E-state index < -0.39 is 0 Å². The zero-order valence-electron chi connectivity index (χ0n) is 12.1. The third-order valence-electron chi connectivity index (χ3n) is 5.32. The molecule has 0 unspecified atom stereocenters. The van der Waals surface area contributed by atoms with Crippen LogP contribution in [0.2, 0.25) is 0 Å². The van der Waals surface area contributed by atoms with Crippen molar-refractivity contribution in [2.75, 3.05) is 11.5 Å². The van der Waals surface area contributed by atoms with E-state index in [1.165, 1.54) is 51.4 Å². The molecular formula is C16H27NOS. The standard InChI is InChI=1S/C16H27NOS/c1-2-3-4-19-11-15(18)17-16-8-12-5-13(9-16)7-14(6-12)10-16/h12-14H,2-11H2,1H3,(H,17,18). The second-order valence-electron chi connectivity index (χ2n) is 7.15. The Hall–Kier alpha value is -0.180. The Morgan fingerprint density at radius 1 is 1.16 bits per heavy atom. The van der Waals surface area contributed by atoms with Gasteiger partial charge < -0.3 is 5.32 Å². The van der Waals surface area contributed by atoms with Crippen molar-refractivity contribution in [2.24, 2.45) is 17.8 Å². The Morgan fingerprint density at radius 2 is 1.74 bits per heavy atom. The zero-order chi connectivity index (χ0) is 13.3. The summed E-state index contributed by atoms with van der Waals surface area (Å²) in [7, 11) is 0. The average Bonchev–Trinajstić information content (AvgIpc) is 2.32. The summed E-state index contributed by atoms with van der Waals surface area (Å²) in [6.07, 6.45) is 10.6. The van der Waals surface area contributed by atoms with Crippen molar-refractivity contribution in [3.8, 4) is 0 Å². The summed E-state index contributed by atoms with van der Waals surface area (Å²) >= 11 is 1.80. The van der Waals surface area contributed by atoms with Crippen molar-refractivity contribution in [1.29, 1.82) is 0 Å². The molecule has 0 aromatic carbocycles. The largest absolute Gasteiger partial charge is 0.350 e. The number of thioether (sulfide) groups is 1. The fraction of sp³-hybridized carbons (Fsp3) is 0.938. The number of amides is 1. The molecule has 19 heavy (non-hydrogen) atoms. The van der Waals surface area contributed by atoms with E-state index in [4.69, 9.17) is 0 Å². The molecule has 3 heteroatoms. The van der Waals surface area contributed by atoms with Crippen LogP contribution in [0, 0.1) is 17.8 Å². The molecule has 108 valence electrons. The van der Waals surface area contributed by atoms with E-state index in [1.54, 1.807) is 11.8 Å². The van der Waals surface area contributed by atoms with Gasteiger partial charge >= 0.3 is 0 Å². The van der Waals surface area contributed by atoms with Crippen molar-refractivity contribution in [3.05, 3.63) is 0 Å². The lowest BCUT2D eigenvalue weighted by Gasteiger charge is -2.56. The first kappa shape index (κ1) is 13.8. The molecule has 4 bridgehead atoms. The smallest absolute Gasteiger partial charge is 0.230 e. The van der Waals surface area contributed by atoms with Gasteiger partial charge in [-0.2, -0.15) is 11.8 Å². The summed E-state index contributed by atoms with van der Waals surface area (Å²) in [5, 5.41) is 3.44. The monoisotopic (exact) mass is 281 g/mol. The molecule has 4 fully saturated rings. The van der Waals surface area contributed by atoms with Gasteiger partial charge in [0.1, 0.15) is 0 Å². The van der Waals surface area contributed by atoms with Crippen LogP contribution in [0.3, 0.4) is 0 Å². The summed E-state index contributed by atoms with van der Waals surface area (Å²) in [5.74, 6) is 4.84. The molecule has 4 rings (SSSR count). The van der Waals surface area contributed by atoms with Crippen molar-refractivity contribution >= 4 is 17.7 Å². The number of hydrogen-bond acceptors (Lipinski definition) is 2. The van der Waals surface area contributed by atoms with Crippen LogP contribution in [0.5, 0.6) is 0 Å². The van der Waals surface area contributed by atoms with Crippen molar-refractivity contribution in [1.82, 2.24) is 5.32 Å². The lowest BCUT2D eigenvalue weighted by atomic mass is 9.53. The zero-order valence-corrected chi connectivity index (χ0v) is 12.9. The van der Waals surface area contributed by atoms with E-state index in [0.717, 1.165) is 23.5 Å². The molecule has 0 saturated heterocycles. The van der Waals surface area contributed by atoms with E-state index in [0.29, 0.717) is 11.7 Å². The molecule has 4 saturated carbocycles. The minimum atomic E-state index is 0.206. The van der Waals surface area contributed by atoms with Crippen molar-refractivity contribution in [2.45, 2.75) is 63.8 Å². The van der Waals surface area contributed by atoms with Gasteiger partial charge in [0, 0.05) is 5.54 Å². The van der Waals surface area contributed by atoms with Crippen LogP contribution in [-0.2, 0) is 4.79 Å². The van der Waals surface area contributed by atoms with Gasteiger partial charge in [-0.3, -0.25) is 4.79 Å². The average molecular weight is 281 g/mol. The van der Waals surface area contributed by atoms with Gasteiger partial charge in [0.15, 0.2) is 0 Å². The fourth-order valence-electron chi connectivity index (χ4n) is 5.01. The highest BCUT2D eigenvalue weighted by atomic mass is 32.2. The molecule has 0 atom stereocenters. The summed E-state index contributed by atoms with van der Waals surface area (Å²) in [5.41, 5.74) is 0.206. The Balaban J connectivity index is 1.50. The van der Waals surface area contributed by atoms with Gasteiger partial charge in [-0.1, -0.05) is 13.3 Å². The first-order valence-corrected chi connectivity index (χ1v) is 9.23. The number of hydrogen-bond donors (Lipinski definition) is 1. The second-order valence-corrected chi connectivity index (χ2v) is 8.26. The molecule has 4 aliphatic carbocycles. The summed E-state index contributed by atoms with van der Waals surface area (Å²) < 4.78 is 0. The van der Waals surface area contributed by atoms with E-state index in [-0.39, 0.29) is 5.54 Å². The Labute approximate surface area is 121 Å². The molecule has 4 aliphatic rings. The first-order valence-electron chi connectivity index (χ1n) is 8.08. The number of nitrogens with one attached hydrogen (secondary N) is 1. The van der Waals surface area contributed by atoms with Gasteiger partial charge in [-0.25, -0.2) is 0 Å². The molecule has 0 spiro atoms. The van der Waals surface area contributed by atoms with Crippen molar-refractivity contribution in [3.63, 3.8) is 0 Å². The lowest BCUT2D eigenvalue weighted by Crippen LogP contribution is -2.60. The molecular weight excluding hydrogens is 254 g/mol. The Kier molecular flexibility index (Phi) is 4.11. The van der Waals surface area contributed by atoms with E-state index in [1.807, 2.05) is 0 Å². The normalized spacial score (nSPS) is 39.5. The predicted molar refractivity (Wildman–Crippen MR) is 81.3 cm³/mol. The topological polar surface area (TPSA) is 29.1 Å². The predicted octanol–water partition coefficient (Wildman–Crippen LogP) is 3.60. The molecule has 0 aliphatic heterocycles. The van der Waals surface area contributed by atoms with Gasteiger partial charge in [0.25, 0.3) is 0 Å². The molecule has 0 aromatic rings. The van der Waals surface area contributed by atoms with E-state index in [9.17, 15) is 4.79 Å². The summed E-state index contributed by atoms with van der Waals surface area (Å²) in [4.78, 5) is 12.2. The maximum atomic E-state index is 12.2. The van der Waals surface area contributed by atoms with Crippen LogP contribution >= 0.6 is 11.8 Å². The number of carbonyl (C=O) groups is 1. The van der Waals surface area contributed by atoms with Crippen LogP contribution in [0.15, 0.2) is 0 Å². The SMILES string of the molecule is CCCCSCC(=O)NC12CC3CC(CC(C3)C1)C2. The molecule has 0 radical (unpaired) electrons. The third kappa shape index (κ3) is 3.12. The molecule has 0 heterocycles. The number of carbonyl (C=O) groups excluding carboxylic acids is 1. The number of rotatable bonds is 6. The molecule has 1 N–H and O–H groups in total. The van der Waals surface area contributed by atoms with Gasteiger partial charge in [0.2, 0.25) is 5.91 Å². The Morgan fingerprint density at radius 3 is 2.26 bits per heavy atom. The van der Waals surface area contributed by atoms with Crippen LogP contribution in [0.4, 0.5) is 0 Å². The molecule has 1 amide bonds. The quantitative estimate of drug-likeness (QED) is 0.754. The van der Waals surface area contributed by atoms with Gasteiger partial charge in [0.05, 0.1) is 5.75 Å². The van der Waals surface area contributed by atoms with E-state index >= 15 is 0 Å². The highest BCUT2D eigenvalue weighted by Crippen LogP contribution is 2.55. The minimum absolute atomic E-state index is 0.206. The van der Waals surface area contributed by atoms with Crippen LogP contribution in [-0.4, -0.2) is 23.0 Å². The minimum Gasteiger partial charge on any atom is -0.350 e. The maximum Gasteiger partial charge on any atom is 0.230 e. The third-order valence-corrected chi connectivity index (χ3v) is 6.36. The second kappa shape index (κ2) is 5.67. The highest BCUT2D eigenvalue weighted by Gasteiger charge is 2.51. The van der Waals surface area contributed by atoms with Gasteiger partial charge in [-0.05, 0) is 68.5 Å². The lowest BCUT2D eigenvalue weighted by molar-refractivity contribution is -0.124. The first-order chi connectivity index (χ1) is 9.19. The summed E-state index contributed by atoms with van der Waals surface area (Å²) in [6.45, 7) is 2.20. The highest BCUT2D eigenvalue weighted by molar-refractivity contribution is 7.99.